The molecule has 0 aliphatic heterocycles. The van der Waals surface area contributed by atoms with E-state index in [1.165, 1.54) is 16.3 Å². The van der Waals surface area contributed by atoms with Gasteiger partial charge in [-0.15, -0.1) is 0 Å². The number of benzene rings is 4. The molecule has 0 atom stereocenters. The second-order valence-corrected chi connectivity index (χ2v) is 22.4. The standard InChI is InChI=1S/C47H50N4OSi/c1-46(2,3)35-26-38(43(52)39(27-35)47(4,5)6)44-50-42-36(21-22-48-45(42)51(44)7)33-23-32(30-17-13-11-14-18-30)24-34(25-33)40-28-37(31-19-15-12-16-20-31)41(29-49-40)53(8,9)10/h11-29,52H,1-10H3. The Bertz CT molecular complexity index is 2460. The maximum Gasteiger partial charge on any atom is 0.160 e. The first-order valence-corrected chi connectivity index (χ1v) is 22.0. The SMILES string of the molecule is Cn1c(-c2cc(C(C)(C)C)cc(C(C)(C)C)c2O)nc2c(-c3cc(-c4ccccc4)cc(-c4cc(-c5ccccc5)c([Si](C)(C)C)cn4)c3)ccnc21. The summed E-state index contributed by atoms with van der Waals surface area (Å²) in [4.78, 5) is 15.3. The van der Waals surface area contributed by atoms with Crippen molar-refractivity contribution >= 4 is 24.4 Å². The molecule has 0 saturated heterocycles. The molecular weight excluding hydrogens is 665 g/mol. The third-order valence-corrected chi connectivity index (χ3v) is 12.2. The van der Waals surface area contributed by atoms with Gasteiger partial charge < -0.3 is 9.67 Å². The average molecular weight is 715 g/mol. The van der Waals surface area contributed by atoms with E-state index in [1.807, 2.05) is 23.9 Å². The first-order chi connectivity index (χ1) is 25.0. The number of hydrogen-bond donors (Lipinski definition) is 1. The van der Waals surface area contributed by atoms with E-state index in [-0.39, 0.29) is 16.6 Å². The molecule has 0 aliphatic rings. The Hall–Kier alpha value is -5.33. The molecule has 0 aliphatic carbocycles. The van der Waals surface area contributed by atoms with Crippen LogP contribution in [0.5, 0.6) is 5.75 Å². The maximum atomic E-state index is 11.8. The van der Waals surface area contributed by atoms with Crippen LogP contribution < -0.4 is 5.19 Å². The van der Waals surface area contributed by atoms with Crippen LogP contribution in [0.25, 0.3) is 67.2 Å². The lowest BCUT2D eigenvalue weighted by atomic mass is 9.79. The minimum atomic E-state index is -1.70. The van der Waals surface area contributed by atoms with E-state index in [2.05, 4.69) is 164 Å². The molecule has 4 aromatic carbocycles. The first kappa shape index (κ1) is 36.0. The lowest BCUT2D eigenvalue weighted by Gasteiger charge is -2.27. The molecule has 0 fully saturated rings. The molecule has 0 radical (unpaired) electrons. The smallest absolute Gasteiger partial charge is 0.160 e. The van der Waals surface area contributed by atoms with Crippen LogP contribution in [0.1, 0.15) is 52.7 Å². The second kappa shape index (κ2) is 13.3. The Kier molecular flexibility index (Phi) is 9.02. The zero-order valence-electron chi connectivity index (χ0n) is 32.7. The fourth-order valence-electron chi connectivity index (χ4n) is 7.16. The van der Waals surface area contributed by atoms with Gasteiger partial charge in [-0.3, -0.25) is 4.98 Å². The highest BCUT2D eigenvalue weighted by Crippen LogP contribution is 2.43. The van der Waals surface area contributed by atoms with Gasteiger partial charge in [0.1, 0.15) is 17.1 Å². The molecule has 7 rings (SSSR count). The molecule has 3 heterocycles. The third-order valence-electron chi connectivity index (χ3n) is 10.2. The largest absolute Gasteiger partial charge is 0.507 e. The van der Waals surface area contributed by atoms with Gasteiger partial charge in [-0.25, -0.2) is 9.97 Å². The summed E-state index contributed by atoms with van der Waals surface area (Å²) in [7, 11) is 0.285. The quantitative estimate of drug-likeness (QED) is 0.174. The first-order valence-electron chi connectivity index (χ1n) is 18.5. The predicted molar refractivity (Wildman–Crippen MR) is 226 cm³/mol. The fourth-order valence-corrected chi connectivity index (χ4v) is 8.64. The summed E-state index contributed by atoms with van der Waals surface area (Å²) in [6.07, 6.45) is 3.97. The number of aromatic hydroxyl groups is 1. The van der Waals surface area contributed by atoms with E-state index in [0.29, 0.717) is 11.4 Å². The van der Waals surface area contributed by atoms with Gasteiger partial charge in [0.25, 0.3) is 0 Å². The van der Waals surface area contributed by atoms with Gasteiger partial charge in [0.15, 0.2) is 5.65 Å². The van der Waals surface area contributed by atoms with E-state index >= 15 is 0 Å². The van der Waals surface area contributed by atoms with Crippen molar-refractivity contribution in [2.75, 3.05) is 0 Å². The van der Waals surface area contributed by atoms with E-state index < -0.39 is 8.07 Å². The van der Waals surface area contributed by atoms with Crippen molar-refractivity contribution in [2.45, 2.75) is 72.0 Å². The van der Waals surface area contributed by atoms with Crippen molar-refractivity contribution < 1.29 is 5.11 Å². The molecule has 3 aromatic heterocycles. The molecule has 0 amide bonds. The monoisotopic (exact) mass is 714 g/mol. The topological polar surface area (TPSA) is 63.8 Å². The zero-order valence-corrected chi connectivity index (χ0v) is 33.7. The molecule has 5 nitrogen and oxygen atoms in total. The van der Waals surface area contributed by atoms with Gasteiger partial charge in [-0.05, 0) is 85.8 Å². The van der Waals surface area contributed by atoms with Gasteiger partial charge >= 0.3 is 0 Å². The van der Waals surface area contributed by atoms with Crippen LogP contribution in [0.2, 0.25) is 19.6 Å². The summed E-state index contributed by atoms with van der Waals surface area (Å²) in [6.45, 7) is 20.2. The number of hydrogen-bond acceptors (Lipinski definition) is 4. The number of pyridine rings is 2. The minimum Gasteiger partial charge on any atom is -0.507 e. The van der Waals surface area contributed by atoms with Gasteiger partial charge in [-0.2, -0.15) is 0 Å². The van der Waals surface area contributed by atoms with Crippen LogP contribution in [-0.2, 0) is 17.9 Å². The van der Waals surface area contributed by atoms with Crippen LogP contribution in [0, 0.1) is 0 Å². The lowest BCUT2D eigenvalue weighted by Crippen LogP contribution is -2.39. The maximum absolute atomic E-state index is 11.8. The molecular formula is C47H50N4OSi. The Morgan fingerprint density at radius 3 is 1.85 bits per heavy atom. The summed E-state index contributed by atoms with van der Waals surface area (Å²) >= 11 is 0. The number of phenols is 1. The van der Waals surface area contributed by atoms with Crippen molar-refractivity contribution in [1.29, 1.82) is 0 Å². The summed E-state index contributed by atoms with van der Waals surface area (Å²) in [5, 5.41) is 13.2. The number of rotatable bonds is 6. The molecule has 7 aromatic rings. The molecule has 6 heteroatoms. The molecule has 268 valence electrons. The highest BCUT2D eigenvalue weighted by molar-refractivity contribution is 6.89. The number of nitrogens with zero attached hydrogens (tertiary/aromatic N) is 4. The second-order valence-electron chi connectivity index (χ2n) is 17.3. The van der Waals surface area contributed by atoms with Crippen molar-refractivity contribution in [2.24, 2.45) is 7.05 Å². The lowest BCUT2D eigenvalue weighted by molar-refractivity contribution is 0.446. The summed E-state index contributed by atoms with van der Waals surface area (Å²) < 4.78 is 2.01. The van der Waals surface area contributed by atoms with Gasteiger partial charge in [-0.1, -0.05) is 128 Å². The summed E-state index contributed by atoms with van der Waals surface area (Å²) in [5.74, 6) is 0.950. The molecule has 0 saturated carbocycles. The number of aromatic nitrogens is 4. The van der Waals surface area contributed by atoms with Crippen LogP contribution in [0.15, 0.2) is 116 Å². The predicted octanol–water partition coefficient (Wildman–Crippen LogP) is 11.5. The van der Waals surface area contributed by atoms with E-state index in [9.17, 15) is 5.11 Å². The highest BCUT2D eigenvalue weighted by atomic mass is 28.3. The number of fused-ring (bicyclic) bond motifs is 1. The van der Waals surface area contributed by atoms with Crippen LogP contribution in [0.3, 0.4) is 0 Å². The third kappa shape index (κ3) is 6.96. The minimum absolute atomic E-state index is 0.119. The van der Waals surface area contributed by atoms with Gasteiger partial charge in [0.05, 0.1) is 19.3 Å². The normalized spacial score (nSPS) is 12.4. The van der Waals surface area contributed by atoms with Crippen LogP contribution in [0.4, 0.5) is 0 Å². The highest BCUT2D eigenvalue weighted by Gasteiger charge is 2.28. The Morgan fingerprint density at radius 1 is 0.604 bits per heavy atom. The molecule has 0 spiro atoms. The zero-order chi connectivity index (χ0) is 37.9. The van der Waals surface area contributed by atoms with Crippen molar-refractivity contribution in [3.63, 3.8) is 0 Å². The molecule has 0 bridgehead atoms. The Balaban J connectivity index is 1.46. The number of aryl methyl sites for hydroxylation is 1. The molecule has 1 N–H and O–H groups in total. The number of phenolic OH excluding ortho intramolecular Hbond substituents is 1. The van der Waals surface area contributed by atoms with Gasteiger partial charge in [0.2, 0.25) is 0 Å². The Morgan fingerprint density at radius 2 is 1.23 bits per heavy atom. The molecule has 53 heavy (non-hydrogen) atoms. The number of imidazole rings is 1. The van der Waals surface area contributed by atoms with E-state index in [0.717, 1.165) is 55.8 Å². The fraction of sp³-hybridized carbons (Fsp3) is 0.255. The summed E-state index contributed by atoms with van der Waals surface area (Å²) in [5.41, 5.74) is 12.6. The van der Waals surface area contributed by atoms with E-state index in [4.69, 9.17) is 15.0 Å². The van der Waals surface area contributed by atoms with Crippen molar-refractivity contribution in [3.05, 3.63) is 127 Å². The van der Waals surface area contributed by atoms with Crippen LogP contribution in [-0.4, -0.2) is 32.7 Å². The average Bonchev–Trinajstić information content (AvgIpc) is 3.46. The van der Waals surface area contributed by atoms with Crippen molar-refractivity contribution in [1.82, 2.24) is 19.5 Å². The van der Waals surface area contributed by atoms with Crippen molar-refractivity contribution in [3.8, 4) is 61.8 Å². The summed E-state index contributed by atoms with van der Waals surface area (Å²) in [6, 6.07) is 36.5. The molecule has 0 unspecified atom stereocenters. The van der Waals surface area contributed by atoms with Gasteiger partial charge in [0, 0.05) is 36.1 Å². The van der Waals surface area contributed by atoms with Crippen LogP contribution >= 0.6 is 0 Å². The van der Waals surface area contributed by atoms with E-state index in [1.54, 1.807) is 0 Å². The Labute approximate surface area is 315 Å².